The van der Waals surface area contributed by atoms with Gasteiger partial charge in [-0.2, -0.15) is 0 Å². The summed E-state index contributed by atoms with van der Waals surface area (Å²) in [6.45, 7) is 1.89. The molecule has 7 nitrogen and oxygen atoms in total. The van der Waals surface area contributed by atoms with Gasteiger partial charge in [0.25, 0.3) is 5.69 Å². The van der Waals surface area contributed by atoms with Crippen molar-refractivity contribution < 1.29 is 4.92 Å². The first-order chi connectivity index (χ1) is 10.6. The molecule has 2 aromatic heterocycles. The molecule has 0 N–H and O–H groups in total. The summed E-state index contributed by atoms with van der Waals surface area (Å²) in [4.78, 5) is 18.8. The van der Waals surface area contributed by atoms with Crippen molar-refractivity contribution in [3.8, 4) is 22.8 Å². The summed E-state index contributed by atoms with van der Waals surface area (Å²) >= 11 is 0. The molecule has 0 radical (unpaired) electrons. The number of non-ortho nitro benzene ring substituents is 1. The second-order valence-corrected chi connectivity index (χ2v) is 4.64. The second-order valence-electron chi connectivity index (χ2n) is 4.64. The molecule has 0 spiro atoms. The van der Waals surface area contributed by atoms with Crippen molar-refractivity contribution >= 4 is 5.69 Å². The second kappa shape index (κ2) is 5.65. The number of hydrogen-bond donors (Lipinski definition) is 0. The van der Waals surface area contributed by atoms with Crippen LogP contribution in [0.5, 0.6) is 0 Å². The Kier molecular flexibility index (Phi) is 3.53. The Bertz CT molecular complexity index is 816. The SMILES string of the molecule is Cc1cccc(-c2ncc(-c3ccc([N+](=O)[O-])cc3)nn2)n1. The molecule has 0 saturated carbocycles. The Morgan fingerprint density at radius 3 is 2.36 bits per heavy atom. The van der Waals surface area contributed by atoms with Gasteiger partial charge in [0.1, 0.15) is 11.4 Å². The first-order valence-corrected chi connectivity index (χ1v) is 6.52. The van der Waals surface area contributed by atoms with E-state index in [1.807, 2.05) is 25.1 Å². The van der Waals surface area contributed by atoms with Crippen LogP contribution < -0.4 is 0 Å². The molecule has 3 aromatic rings. The van der Waals surface area contributed by atoms with Crippen LogP contribution in [0.2, 0.25) is 0 Å². The van der Waals surface area contributed by atoms with Gasteiger partial charge in [0.05, 0.1) is 11.1 Å². The summed E-state index contributed by atoms with van der Waals surface area (Å²) in [7, 11) is 0. The Labute approximate surface area is 125 Å². The van der Waals surface area contributed by atoms with Crippen LogP contribution in [0.1, 0.15) is 5.69 Å². The van der Waals surface area contributed by atoms with E-state index in [1.54, 1.807) is 18.3 Å². The number of aryl methyl sites for hydroxylation is 1. The predicted molar refractivity (Wildman–Crippen MR) is 79.9 cm³/mol. The number of pyridine rings is 1. The van der Waals surface area contributed by atoms with E-state index in [4.69, 9.17) is 0 Å². The topological polar surface area (TPSA) is 94.7 Å². The predicted octanol–water partition coefficient (Wildman–Crippen LogP) is 2.82. The van der Waals surface area contributed by atoms with E-state index in [1.165, 1.54) is 12.1 Å². The van der Waals surface area contributed by atoms with E-state index in [2.05, 4.69) is 20.2 Å². The van der Waals surface area contributed by atoms with Crippen LogP contribution >= 0.6 is 0 Å². The van der Waals surface area contributed by atoms with Crippen molar-refractivity contribution in [2.75, 3.05) is 0 Å². The molecule has 7 heteroatoms. The average molecular weight is 293 g/mol. The molecule has 0 atom stereocenters. The van der Waals surface area contributed by atoms with Gasteiger partial charge < -0.3 is 0 Å². The van der Waals surface area contributed by atoms with Gasteiger partial charge in [0, 0.05) is 23.4 Å². The lowest BCUT2D eigenvalue weighted by atomic mass is 10.1. The molecule has 3 rings (SSSR count). The molecular formula is C15H11N5O2. The van der Waals surface area contributed by atoms with Gasteiger partial charge in [0.15, 0.2) is 5.82 Å². The summed E-state index contributed by atoms with van der Waals surface area (Å²) in [5.41, 5.74) is 2.83. The number of aromatic nitrogens is 4. The molecule has 0 fully saturated rings. The lowest BCUT2D eigenvalue weighted by Gasteiger charge is -2.02. The third kappa shape index (κ3) is 2.78. The van der Waals surface area contributed by atoms with Crippen LogP contribution in [-0.4, -0.2) is 25.1 Å². The standard InChI is InChI=1S/C15H11N5O2/c1-10-3-2-4-13(17-10)15-16-9-14(18-19-15)11-5-7-12(8-6-11)20(21)22/h2-9H,1H3. The van der Waals surface area contributed by atoms with Crippen LogP contribution in [0.4, 0.5) is 5.69 Å². The van der Waals surface area contributed by atoms with Gasteiger partial charge in [-0.3, -0.25) is 10.1 Å². The summed E-state index contributed by atoms with van der Waals surface area (Å²) in [6, 6.07) is 11.7. The highest BCUT2D eigenvalue weighted by atomic mass is 16.6. The largest absolute Gasteiger partial charge is 0.269 e. The normalized spacial score (nSPS) is 10.4. The van der Waals surface area contributed by atoms with Gasteiger partial charge in [0.2, 0.25) is 0 Å². The Hall–Kier alpha value is -3.22. The highest BCUT2D eigenvalue weighted by molar-refractivity contribution is 5.60. The molecule has 0 aliphatic carbocycles. The maximum absolute atomic E-state index is 10.6. The molecule has 0 amide bonds. The van der Waals surface area contributed by atoms with Crippen LogP contribution in [0.3, 0.4) is 0 Å². The van der Waals surface area contributed by atoms with Gasteiger partial charge in [-0.1, -0.05) is 6.07 Å². The Morgan fingerprint density at radius 1 is 1.00 bits per heavy atom. The van der Waals surface area contributed by atoms with E-state index >= 15 is 0 Å². The van der Waals surface area contributed by atoms with Gasteiger partial charge in [-0.05, 0) is 31.2 Å². The quantitative estimate of drug-likeness (QED) is 0.544. The number of nitro groups is 1. The maximum atomic E-state index is 10.6. The smallest absolute Gasteiger partial charge is 0.258 e. The van der Waals surface area contributed by atoms with E-state index in [0.29, 0.717) is 22.8 Å². The fraction of sp³-hybridized carbons (Fsp3) is 0.0667. The highest BCUT2D eigenvalue weighted by Gasteiger charge is 2.08. The molecule has 2 heterocycles. The van der Waals surface area contributed by atoms with E-state index in [-0.39, 0.29) is 5.69 Å². The molecule has 0 aliphatic heterocycles. The van der Waals surface area contributed by atoms with Gasteiger partial charge in [-0.25, -0.2) is 9.97 Å². The van der Waals surface area contributed by atoms with Crippen LogP contribution in [0.25, 0.3) is 22.8 Å². The minimum atomic E-state index is -0.444. The van der Waals surface area contributed by atoms with Crippen molar-refractivity contribution in [3.63, 3.8) is 0 Å². The summed E-state index contributed by atoms with van der Waals surface area (Å²) in [6.07, 6.45) is 1.58. The first-order valence-electron chi connectivity index (χ1n) is 6.52. The first kappa shape index (κ1) is 13.7. The number of nitro benzene ring substituents is 1. The fourth-order valence-electron chi connectivity index (χ4n) is 1.95. The molecule has 0 aliphatic rings. The van der Waals surface area contributed by atoms with Crippen LogP contribution in [0.15, 0.2) is 48.7 Å². The summed E-state index contributed by atoms with van der Waals surface area (Å²) < 4.78 is 0. The zero-order valence-electron chi connectivity index (χ0n) is 11.7. The van der Waals surface area contributed by atoms with Crippen molar-refractivity contribution in [2.24, 2.45) is 0 Å². The van der Waals surface area contributed by atoms with Crippen LogP contribution in [-0.2, 0) is 0 Å². The molecule has 0 unspecified atom stereocenters. The highest BCUT2D eigenvalue weighted by Crippen LogP contribution is 2.20. The number of benzene rings is 1. The number of rotatable bonds is 3. The third-order valence-corrected chi connectivity index (χ3v) is 3.05. The molecular weight excluding hydrogens is 282 g/mol. The average Bonchev–Trinajstić information content (AvgIpc) is 2.55. The van der Waals surface area contributed by atoms with Crippen molar-refractivity contribution in [2.45, 2.75) is 6.92 Å². The summed E-state index contributed by atoms with van der Waals surface area (Å²) in [5, 5.41) is 18.8. The molecule has 108 valence electrons. The molecule has 1 aromatic carbocycles. The monoisotopic (exact) mass is 293 g/mol. The molecule has 0 bridgehead atoms. The Morgan fingerprint density at radius 2 is 1.77 bits per heavy atom. The van der Waals surface area contributed by atoms with Gasteiger partial charge >= 0.3 is 0 Å². The third-order valence-electron chi connectivity index (χ3n) is 3.05. The van der Waals surface area contributed by atoms with Crippen molar-refractivity contribution in [3.05, 3.63) is 64.5 Å². The van der Waals surface area contributed by atoms with Gasteiger partial charge in [-0.15, -0.1) is 10.2 Å². The summed E-state index contributed by atoms with van der Waals surface area (Å²) in [5.74, 6) is 0.439. The fourth-order valence-corrected chi connectivity index (χ4v) is 1.95. The van der Waals surface area contributed by atoms with Crippen LogP contribution in [0, 0.1) is 17.0 Å². The lowest BCUT2D eigenvalue weighted by Crippen LogP contribution is -1.97. The molecule has 22 heavy (non-hydrogen) atoms. The zero-order valence-corrected chi connectivity index (χ0v) is 11.7. The maximum Gasteiger partial charge on any atom is 0.269 e. The minimum absolute atomic E-state index is 0.0326. The van der Waals surface area contributed by atoms with Crippen molar-refractivity contribution in [1.29, 1.82) is 0 Å². The van der Waals surface area contributed by atoms with E-state index in [0.717, 1.165) is 5.69 Å². The van der Waals surface area contributed by atoms with E-state index < -0.39 is 4.92 Å². The number of nitrogens with zero attached hydrogens (tertiary/aromatic N) is 5. The minimum Gasteiger partial charge on any atom is -0.258 e. The van der Waals surface area contributed by atoms with E-state index in [9.17, 15) is 10.1 Å². The van der Waals surface area contributed by atoms with Crippen molar-refractivity contribution in [1.82, 2.24) is 20.2 Å². The zero-order chi connectivity index (χ0) is 15.5. The molecule has 0 saturated heterocycles. The number of hydrogen-bond acceptors (Lipinski definition) is 6. The Balaban J connectivity index is 1.89. The lowest BCUT2D eigenvalue weighted by molar-refractivity contribution is -0.384.